The lowest BCUT2D eigenvalue weighted by Gasteiger charge is -2.19. The Kier molecular flexibility index (Phi) is 6.46. The lowest BCUT2D eigenvalue weighted by molar-refractivity contribution is -0.611. The molecule has 0 fully saturated rings. The van der Waals surface area contributed by atoms with Crippen molar-refractivity contribution in [1.29, 1.82) is 0 Å². The van der Waals surface area contributed by atoms with Crippen molar-refractivity contribution in [3.05, 3.63) is 103 Å². The molecule has 0 saturated carbocycles. The molecule has 0 radical (unpaired) electrons. The quantitative estimate of drug-likeness (QED) is 0.282. The van der Waals surface area contributed by atoms with Crippen molar-refractivity contribution >= 4 is 11.6 Å². The summed E-state index contributed by atoms with van der Waals surface area (Å²) >= 11 is 6.22. The first-order chi connectivity index (χ1) is 18.5. The molecule has 12 heteroatoms. The molecular formula is C26H22ClF3N4O4. The maximum absolute atomic E-state index is 16.0. The summed E-state index contributed by atoms with van der Waals surface area (Å²) in [7, 11) is 0. The van der Waals surface area contributed by atoms with E-state index in [9.17, 15) is 23.9 Å². The highest BCUT2D eigenvalue weighted by molar-refractivity contribution is 6.31. The number of aromatic nitrogens is 4. The molecule has 4 heterocycles. The molecule has 0 atom stereocenters. The molecule has 0 aliphatic heterocycles. The van der Waals surface area contributed by atoms with Crippen LogP contribution in [0.5, 0.6) is 5.75 Å². The molecule has 0 unspecified atom stereocenters. The van der Waals surface area contributed by atoms with Gasteiger partial charge in [0.2, 0.25) is 11.4 Å². The van der Waals surface area contributed by atoms with Crippen molar-refractivity contribution in [2.24, 2.45) is 0 Å². The van der Waals surface area contributed by atoms with Gasteiger partial charge in [-0.1, -0.05) is 11.6 Å². The SMILES string of the molecule is [2H]C([2H])(Oc1cc(C)n(-c2c(C)cnc(-c3cccc(C(C)(C)O)[n+]3[O-])c2F)c(=O)c1Cl)c1ncc(F)cc1F. The third-order valence-electron chi connectivity index (χ3n) is 5.58. The number of hydrogen-bond acceptors (Lipinski definition) is 6. The second kappa shape index (κ2) is 10.1. The van der Waals surface area contributed by atoms with Gasteiger partial charge in [0.1, 0.15) is 34.4 Å². The Labute approximate surface area is 223 Å². The molecule has 0 aromatic carbocycles. The van der Waals surface area contributed by atoms with Crippen molar-refractivity contribution in [3.63, 3.8) is 0 Å². The van der Waals surface area contributed by atoms with Gasteiger partial charge < -0.3 is 15.1 Å². The molecule has 198 valence electrons. The number of ether oxygens (including phenoxy) is 1. The van der Waals surface area contributed by atoms with Crippen LogP contribution in [0.25, 0.3) is 17.1 Å². The van der Waals surface area contributed by atoms with E-state index in [0.29, 0.717) is 17.0 Å². The van der Waals surface area contributed by atoms with Gasteiger partial charge in [0.25, 0.3) is 5.56 Å². The first-order valence-corrected chi connectivity index (χ1v) is 11.5. The largest absolute Gasteiger partial charge is 0.618 e. The number of aliphatic hydroxyl groups is 1. The Morgan fingerprint density at radius 3 is 2.58 bits per heavy atom. The van der Waals surface area contributed by atoms with Gasteiger partial charge in [-0.15, -0.1) is 0 Å². The number of pyridine rings is 4. The fourth-order valence-electron chi connectivity index (χ4n) is 3.77. The highest BCUT2D eigenvalue weighted by Crippen LogP contribution is 2.30. The van der Waals surface area contributed by atoms with Crippen LogP contribution in [0.15, 0.2) is 47.5 Å². The highest BCUT2D eigenvalue weighted by atomic mass is 35.5. The van der Waals surface area contributed by atoms with E-state index >= 15 is 4.39 Å². The average Bonchev–Trinajstić information content (AvgIpc) is 2.84. The predicted octanol–water partition coefficient (Wildman–Crippen LogP) is 4.42. The fourth-order valence-corrected chi connectivity index (χ4v) is 3.94. The van der Waals surface area contributed by atoms with Crippen LogP contribution in [0.3, 0.4) is 0 Å². The molecule has 4 aromatic heterocycles. The van der Waals surface area contributed by atoms with Gasteiger partial charge in [-0.3, -0.25) is 14.3 Å². The molecule has 0 aliphatic rings. The second-order valence-corrected chi connectivity index (χ2v) is 9.27. The minimum Gasteiger partial charge on any atom is -0.618 e. The van der Waals surface area contributed by atoms with Crippen LogP contribution in [-0.2, 0) is 12.2 Å². The minimum absolute atomic E-state index is 0.0344. The van der Waals surface area contributed by atoms with Gasteiger partial charge in [-0.25, -0.2) is 18.2 Å². The average molecular weight is 549 g/mol. The van der Waals surface area contributed by atoms with E-state index in [-0.39, 0.29) is 28.3 Å². The molecule has 4 rings (SSSR count). The fraction of sp³-hybridized carbons (Fsp3) is 0.231. The molecule has 0 spiro atoms. The number of aryl methyl sites for hydroxylation is 2. The van der Waals surface area contributed by atoms with Crippen molar-refractivity contribution in [3.8, 4) is 22.8 Å². The lowest BCUT2D eigenvalue weighted by Crippen LogP contribution is -2.41. The van der Waals surface area contributed by atoms with Gasteiger partial charge in [0, 0.05) is 36.2 Å². The molecule has 0 amide bonds. The Morgan fingerprint density at radius 1 is 1.21 bits per heavy atom. The zero-order chi connectivity index (χ0) is 29.7. The number of hydrogen-bond donors (Lipinski definition) is 1. The zero-order valence-corrected chi connectivity index (χ0v) is 21.3. The van der Waals surface area contributed by atoms with Crippen LogP contribution in [-0.4, -0.2) is 19.6 Å². The number of nitrogens with zero attached hydrogens (tertiary/aromatic N) is 4. The normalized spacial score (nSPS) is 12.8. The van der Waals surface area contributed by atoms with Crippen LogP contribution >= 0.6 is 11.6 Å². The number of rotatable bonds is 6. The number of halogens is 4. The van der Waals surface area contributed by atoms with E-state index in [1.165, 1.54) is 52.1 Å². The molecule has 4 aromatic rings. The van der Waals surface area contributed by atoms with Crippen LogP contribution in [0.1, 0.15) is 39.2 Å². The summed E-state index contributed by atoms with van der Waals surface area (Å²) in [4.78, 5) is 20.8. The minimum atomic E-state index is -2.97. The molecule has 0 aliphatic carbocycles. The standard InChI is InChI=1S/C26H22ClF3N4O4/c1-13-10-32-23(18-6-5-7-20(34(18)37)26(3,4)36)22(30)24(13)33-14(2)8-19(21(27)25(33)35)38-12-17-16(29)9-15(28)11-31-17/h5-11,36H,12H2,1-4H3/i12D2. The molecule has 1 N–H and O–H groups in total. The zero-order valence-electron chi connectivity index (χ0n) is 22.5. The van der Waals surface area contributed by atoms with E-state index in [4.69, 9.17) is 19.1 Å². The molecule has 0 bridgehead atoms. The van der Waals surface area contributed by atoms with E-state index < -0.39 is 57.3 Å². The molecule has 38 heavy (non-hydrogen) atoms. The van der Waals surface area contributed by atoms with Crippen molar-refractivity contribution in [2.75, 3.05) is 0 Å². The Bertz CT molecular complexity index is 1710. The van der Waals surface area contributed by atoms with Gasteiger partial charge in [0.15, 0.2) is 17.3 Å². The summed E-state index contributed by atoms with van der Waals surface area (Å²) in [6.07, 6.45) is 1.84. The van der Waals surface area contributed by atoms with Gasteiger partial charge in [-0.05, 0) is 39.3 Å². The van der Waals surface area contributed by atoms with E-state index in [1.807, 2.05) is 0 Å². The molecular weight excluding hydrogens is 525 g/mol. The smallest absolute Gasteiger partial charge is 0.278 e. The van der Waals surface area contributed by atoms with E-state index in [1.54, 1.807) is 0 Å². The monoisotopic (exact) mass is 548 g/mol. The third kappa shape index (κ3) is 4.94. The Hall–Kier alpha value is -3.96. The summed E-state index contributed by atoms with van der Waals surface area (Å²) in [5, 5.41) is 22.6. The van der Waals surface area contributed by atoms with Crippen molar-refractivity contribution in [2.45, 2.75) is 39.9 Å². The first-order valence-electron chi connectivity index (χ1n) is 12.1. The lowest BCUT2D eigenvalue weighted by atomic mass is 10.0. The molecule has 8 nitrogen and oxygen atoms in total. The van der Waals surface area contributed by atoms with E-state index in [0.717, 1.165) is 10.6 Å². The first kappa shape index (κ1) is 24.4. The van der Waals surface area contributed by atoms with Crippen LogP contribution < -0.4 is 15.0 Å². The van der Waals surface area contributed by atoms with Crippen LogP contribution in [0.2, 0.25) is 5.02 Å². The van der Waals surface area contributed by atoms with Gasteiger partial charge >= 0.3 is 0 Å². The van der Waals surface area contributed by atoms with E-state index in [2.05, 4.69) is 9.97 Å². The molecule has 0 saturated heterocycles. The predicted molar refractivity (Wildman–Crippen MR) is 132 cm³/mol. The van der Waals surface area contributed by atoms with Crippen LogP contribution in [0.4, 0.5) is 13.2 Å². The van der Waals surface area contributed by atoms with Gasteiger partial charge in [-0.2, -0.15) is 4.73 Å². The second-order valence-electron chi connectivity index (χ2n) is 8.89. The third-order valence-corrected chi connectivity index (χ3v) is 5.93. The maximum Gasteiger partial charge on any atom is 0.278 e. The summed E-state index contributed by atoms with van der Waals surface area (Å²) in [6, 6.07) is 5.68. The van der Waals surface area contributed by atoms with Crippen LogP contribution in [0, 0.1) is 36.5 Å². The summed E-state index contributed by atoms with van der Waals surface area (Å²) in [5.41, 5.74) is -4.19. The highest BCUT2D eigenvalue weighted by Gasteiger charge is 2.30. The van der Waals surface area contributed by atoms with Crippen molar-refractivity contribution in [1.82, 2.24) is 14.5 Å². The maximum atomic E-state index is 16.0. The van der Waals surface area contributed by atoms with Crippen molar-refractivity contribution < 1.29 is 30.5 Å². The Morgan fingerprint density at radius 2 is 1.92 bits per heavy atom. The topological polar surface area (TPSA) is 104 Å². The summed E-state index contributed by atoms with van der Waals surface area (Å²) < 4.78 is 66.0. The summed E-state index contributed by atoms with van der Waals surface area (Å²) in [6.45, 7) is 2.67. The summed E-state index contributed by atoms with van der Waals surface area (Å²) in [5.74, 6) is -3.90. The Balaban J connectivity index is 1.85. The van der Waals surface area contributed by atoms with Gasteiger partial charge in [0.05, 0.1) is 14.6 Å².